The van der Waals surface area contributed by atoms with Gasteiger partial charge in [0.15, 0.2) is 0 Å². The second-order valence-corrected chi connectivity index (χ2v) is 19.4. The van der Waals surface area contributed by atoms with Gasteiger partial charge in [-0.1, -0.05) is 188 Å². The molecule has 9 nitrogen and oxygen atoms in total. The van der Waals surface area contributed by atoms with Gasteiger partial charge in [-0.05, 0) is 90.1 Å². The molecule has 0 atom stereocenters. The Morgan fingerprint density at radius 2 is 0.812 bits per heavy atom. The molecule has 0 spiro atoms. The molecule has 9 heteroatoms. The van der Waals surface area contributed by atoms with E-state index < -0.39 is 6.09 Å². The summed E-state index contributed by atoms with van der Waals surface area (Å²) in [6.45, 7) is 14.6. The average molecular weight is 907 g/mol. The first-order valence-electron chi connectivity index (χ1n) is 28.0. The number of alkyl carbamates (subject to hydrolysis) is 1. The number of esters is 2. The second-order valence-electron chi connectivity index (χ2n) is 19.4. The Bertz CT molecular complexity index is 948. The Morgan fingerprint density at radius 3 is 1.22 bits per heavy atom. The molecule has 0 aromatic heterocycles. The first kappa shape index (κ1) is 60.1. The van der Waals surface area contributed by atoms with Gasteiger partial charge in [-0.15, -0.1) is 0 Å². The molecule has 0 unspecified atom stereocenters. The molecule has 0 aromatic rings. The minimum atomic E-state index is -0.415. The molecule has 1 aliphatic heterocycles. The first-order chi connectivity index (χ1) is 31.4. The SMILES string of the molecule is CCCCCCCCC(CCCCCCCC)C(=O)OCCCCC(CCCCOC(=O)C(CCCCCCCC)CCCCCCCC)OC(=O)NCCOCCN1CCCCC1. The van der Waals surface area contributed by atoms with Crippen molar-refractivity contribution >= 4 is 18.0 Å². The van der Waals surface area contributed by atoms with Gasteiger partial charge in [0.2, 0.25) is 0 Å². The van der Waals surface area contributed by atoms with Crippen molar-refractivity contribution in [3.8, 4) is 0 Å². The summed E-state index contributed by atoms with van der Waals surface area (Å²) < 4.78 is 23.6. The van der Waals surface area contributed by atoms with Crippen molar-refractivity contribution in [3.05, 3.63) is 0 Å². The van der Waals surface area contributed by atoms with Crippen LogP contribution in [0.2, 0.25) is 0 Å². The predicted octanol–water partition coefficient (Wildman–Crippen LogP) is 15.2. The summed E-state index contributed by atoms with van der Waals surface area (Å²) in [6.07, 6.45) is 40.9. The van der Waals surface area contributed by atoms with Crippen molar-refractivity contribution in [1.82, 2.24) is 10.2 Å². The number of likely N-dealkylation sites (tertiary alicyclic amines) is 1. The van der Waals surface area contributed by atoms with E-state index in [0.717, 1.165) is 96.7 Å². The van der Waals surface area contributed by atoms with Gasteiger partial charge in [0.25, 0.3) is 0 Å². The van der Waals surface area contributed by atoms with Gasteiger partial charge in [-0.3, -0.25) is 9.59 Å². The van der Waals surface area contributed by atoms with Crippen molar-refractivity contribution in [3.63, 3.8) is 0 Å². The number of rotatable bonds is 47. The highest BCUT2D eigenvalue weighted by molar-refractivity contribution is 5.72. The van der Waals surface area contributed by atoms with Gasteiger partial charge >= 0.3 is 18.0 Å². The van der Waals surface area contributed by atoms with Gasteiger partial charge in [0, 0.05) is 13.1 Å². The summed E-state index contributed by atoms with van der Waals surface area (Å²) in [5.41, 5.74) is 0. The lowest BCUT2D eigenvalue weighted by atomic mass is 9.94. The van der Waals surface area contributed by atoms with E-state index in [2.05, 4.69) is 37.9 Å². The third kappa shape index (κ3) is 37.2. The van der Waals surface area contributed by atoms with Crippen LogP contribution in [0.25, 0.3) is 0 Å². The fourth-order valence-corrected chi connectivity index (χ4v) is 9.13. The number of hydrogen-bond donors (Lipinski definition) is 1. The van der Waals surface area contributed by atoms with E-state index in [-0.39, 0.29) is 29.9 Å². The highest BCUT2D eigenvalue weighted by atomic mass is 16.6. The maximum Gasteiger partial charge on any atom is 0.407 e. The van der Waals surface area contributed by atoms with Crippen LogP contribution in [-0.2, 0) is 28.5 Å². The van der Waals surface area contributed by atoms with E-state index in [4.69, 9.17) is 18.9 Å². The largest absolute Gasteiger partial charge is 0.465 e. The molecule has 1 N–H and O–H groups in total. The van der Waals surface area contributed by atoms with Crippen LogP contribution in [0.4, 0.5) is 4.79 Å². The summed E-state index contributed by atoms with van der Waals surface area (Å²) in [4.78, 5) is 42.0. The molecule has 0 radical (unpaired) electrons. The molecule has 0 aliphatic carbocycles. The maximum absolute atomic E-state index is 13.3. The fraction of sp³-hybridized carbons (Fsp3) is 0.945. The third-order valence-corrected chi connectivity index (χ3v) is 13.4. The molecular weight excluding hydrogens is 801 g/mol. The maximum atomic E-state index is 13.3. The Hall–Kier alpha value is -1.87. The lowest BCUT2D eigenvalue weighted by Crippen LogP contribution is -2.34. The number of unbranched alkanes of at least 4 members (excludes halogenated alkanes) is 22. The second kappa shape index (κ2) is 46.2. The molecule has 0 saturated carbocycles. The van der Waals surface area contributed by atoms with E-state index in [1.165, 1.54) is 148 Å². The van der Waals surface area contributed by atoms with Gasteiger partial charge in [-0.2, -0.15) is 0 Å². The van der Waals surface area contributed by atoms with E-state index in [1.807, 2.05) is 0 Å². The highest BCUT2D eigenvalue weighted by Crippen LogP contribution is 2.23. The predicted molar refractivity (Wildman–Crippen MR) is 268 cm³/mol. The first-order valence-corrected chi connectivity index (χ1v) is 28.0. The highest BCUT2D eigenvalue weighted by Gasteiger charge is 2.22. The summed E-state index contributed by atoms with van der Waals surface area (Å²) in [5.74, 6) is -0.0472. The van der Waals surface area contributed by atoms with Crippen LogP contribution in [0, 0.1) is 11.8 Å². The monoisotopic (exact) mass is 907 g/mol. The standard InChI is InChI=1S/C55H106N2O7/c1-5-9-13-17-21-26-36-50(37-27-22-18-14-10-6-2)53(58)62-46-34-30-40-52(64-55(60)56-42-48-61-49-45-57-43-32-25-33-44-57)41-31-35-47-63-54(59)51(38-28-23-19-15-11-7-3)39-29-24-20-16-12-8-4/h50-52H,5-49H2,1-4H3,(H,56,60). The smallest absolute Gasteiger partial charge is 0.407 e. The normalized spacial score (nSPS) is 13.3. The molecule has 64 heavy (non-hydrogen) atoms. The number of ether oxygens (including phenoxy) is 4. The fourth-order valence-electron chi connectivity index (χ4n) is 9.13. The van der Waals surface area contributed by atoms with Crippen molar-refractivity contribution < 1.29 is 33.3 Å². The van der Waals surface area contributed by atoms with Crippen molar-refractivity contribution in [2.24, 2.45) is 11.8 Å². The zero-order valence-corrected chi connectivity index (χ0v) is 42.9. The number of nitrogens with zero attached hydrogens (tertiary/aromatic N) is 1. The summed E-state index contributed by atoms with van der Waals surface area (Å²) in [6, 6.07) is 0. The molecule has 1 fully saturated rings. The van der Waals surface area contributed by atoms with E-state index in [0.29, 0.717) is 45.8 Å². The van der Waals surface area contributed by atoms with E-state index in [9.17, 15) is 14.4 Å². The van der Waals surface area contributed by atoms with Crippen molar-refractivity contribution in [2.75, 3.05) is 52.6 Å². The summed E-state index contributed by atoms with van der Waals surface area (Å²) >= 11 is 0. The molecule has 0 bridgehead atoms. The van der Waals surface area contributed by atoms with Crippen LogP contribution >= 0.6 is 0 Å². The Kier molecular flexibility index (Phi) is 43.5. The van der Waals surface area contributed by atoms with Crippen LogP contribution < -0.4 is 5.32 Å². The number of piperidine rings is 1. The quantitative estimate of drug-likeness (QED) is 0.0366. The van der Waals surface area contributed by atoms with Crippen LogP contribution in [0.5, 0.6) is 0 Å². The van der Waals surface area contributed by atoms with Crippen LogP contribution in [0.3, 0.4) is 0 Å². The van der Waals surface area contributed by atoms with Gasteiger partial charge in [-0.25, -0.2) is 4.79 Å². The molecule has 1 rings (SSSR count). The lowest BCUT2D eigenvalue weighted by Gasteiger charge is -2.26. The van der Waals surface area contributed by atoms with Crippen LogP contribution in [0.15, 0.2) is 0 Å². The zero-order valence-electron chi connectivity index (χ0n) is 42.9. The van der Waals surface area contributed by atoms with Crippen LogP contribution in [0.1, 0.15) is 265 Å². The topological polar surface area (TPSA) is 103 Å². The number of nitrogens with one attached hydrogen (secondary N) is 1. The van der Waals surface area contributed by atoms with Crippen molar-refractivity contribution in [1.29, 1.82) is 0 Å². The van der Waals surface area contributed by atoms with E-state index >= 15 is 0 Å². The van der Waals surface area contributed by atoms with Crippen LogP contribution in [-0.4, -0.2) is 81.6 Å². The molecule has 1 saturated heterocycles. The van der Waals surface area contributed by atoms with Gasteiger partial charge in [0.05, 0.1) is 38.3 Å². The zero-order chi connectivity index (χ0) is 46.4. The third-order valence-electron chi connectivity index (χ3n) is 13.4. The van der Waals surface area contributed by atoms with Gasteiger partial charge < -0.3 is 29.2 Å². The Labute approximate surface area is 396 Å². The molecule has 1 aliphatic rings. The number of hydrogen-bond acceptors (Lipinski definition) is 8. The average Bonchev–Trinajstić information content (AvgIpc) is 3.30. The summed E-state index contributed by atoms with van der Waals surface area (Å²) in [7, 11) is 0. The summed E-state index contributed by atoms with van der Waals surface area (Å²) in [5, 5.41) is 2.89. The Balaban J connectivity index is 2.64. The molecule has 1 heterocycles. The minimum Gasteiger partial charge on any atom is -0.465 e. The lowest BCUT2D eigenvalue weighted by molar-refractivity contribution is -0.150. The Morgan fingerprint density at radius 1 is 0.438 bits per heavy atom. The van der Waals surface area contributed by atoms with Crippen molar-refractivity contribution in [2.45, 2.75) is 271 Å². The number of amides is 1. The molecule has 378 valence electrons. The molecule has 0 aromatic carbocycles. The molecular formula is C55H106N2O7. The number of carbonyl (C=O) groups is 3. The minimum absolute atomic E-state index is 0.00125. The van der Waals surface area contributed by atoms with E-state index in [1.54, 1.807) is 0 Å². The molecule has 1 amide bonds. The number of carbonyl (C=O) groups excluding carboxylic acids is 3. The van der Waals surface area contributed by atoms with Gasteiger partial charge in [0.1, 0.15) is 6.10 Å².